The molecule has 2 bridgehead atoms. The lowest BCUT2D eigenvalue weighted by Gasteiger charge is -2.34. The van der Waals surface area contributed by atoms with E-state index >= 15 is 0 Å². The van der Waals surface area contributed by atoms with Crippen LogP contribution in [-0.4, -0.2) is 17.0 Å². The van der Waals surface area contributed by atoms with Crippen LogP contribution in [0.4, 0.5) is 0 Å². The summed E-state index contributed by atoms with van der Waals surface area (Å²) in [5.41, 5.74) is 5.58. The minimum Gasteiger partial charge on any atom is -0.289 e. The summed E-state index contributed by atoms with van der Waals surface area (Å²) in [6.45, 7) is 3.25. The first-order chi connectivity index (χ1) is 11.2. The van der Waals surface area contributed by atoms with E-state index in [9.17, 15) is 0 Å². The molecule has 2 heteroatoms. The topological polar surface area (TPSA) is 3.24 Å². The molecule has 1 saturated heterocycles. The molecular weight excluding hydrogens is 302 g/mol. The van der Waals surface area contributed by atoms with Gasteiger partial charge in [0.2, 0.25) is 0 Å². The fourth-order valence-electron chi connectivity index (χ4n) is 4.10. The van der Waals surface area contributed by atoms with Gasteiger partial charge < -0.3 is 0 Å². The third-order valence-corrected chi connectivity index (χ3v) is 5.53. The Balaban J connectivity index is 1.60. The zero-order valence-electron chi connectivity index (χ0n) is 13.5. The molecule has 0 aliphatic carbocycles. The third-order valence-electron chi connectivity index (χ3n) is 5.29. The van der Waals surface area contributed by atoms with Gasteiger partial charge in [-0.2, -0.15) is 0 Å². The van der Waals surface area contributed by atoms with E-state index in [1.54, 1.807) is 0 Å². The largest absolute Gasteiger partial charge is 0.289 e. The summed E-state index contributed by atoms with van der Waals surface area (Å²) in [5, 5.41) is 0.838. The highest BCUT2D eigenvalue weighted by Crippen LogP contribution is 2.40. The van der Waals surface area contributed by atoms with E-state index in [-0.39, 0.29) is 0 Å². The Morgan fingerprint density at radius 2 is 1.91 bits per heavy atom. The van der Waals surface area contributed by atoms with Crippen molar-refractivity contribution in [3.05, 3.63) is 76.3 Å². The summed E-state index contributed by atoms with van der Waals surface area (Å²) in [7, 11) is 0. The number of nitrogens with zero attached hydrogens (tertiary/aromatic N) is 1. The van der Waals surface area contributed by atoms with Crippen LogP contribution in [0.25, 0.3) is 5.57 Å². The number of halogens is 1. The van der Waals surface area contributed by atoms with E-state index in [2.05, 4.69) is 60.4 Å². The van der Waals surface area contributed by atoms with Crippen molar-refractivity contribution in [1.82, 2.24) is 4.90 Å². The van der Waals surface area contributed by atoms with E-state index in [1.807, 2.05) is 6.07 Å². The van der Waals surface area contributed by atoms with Crippen LogP contribution < -0.4 is 0 Å². The molecule has 2 heterocycles. The van der Waals surface area contributed by atoms with Crippen molar-refractivity contribution in [2.45, 2.75) is 44.8 Å². The summed E-state index contributed by atoms with van der Waals surface area (Å²) >= 11 is 6.22. The van der Waals surface area contributed by atoms with Gasteiger partial charge in [-0.1, -0.05) is 54.1 Å². The monoisotopic (exact) mass is 323 g/mol. The number of benzene rings is 2. The molecule has 0 N–H and O–H groups in total. The zero-order chi connectivity index (χ0) is 15.8. The fourth-order valence-corrected chi connectivity index (χ4v) is 4.27. The maximum absolute atomic E-state index is 6.22. The second kappa shape index (κ2) is 6.14. The molecule has 2 unspecified atom stereocenters. The molecule has 2 atom stereocenters. The highest BCUT2D eigenvalue weighted by atomic mass is 35.5. The van der Waals surface area contributed by atoms with E-state index in [0.717, 1.165) is 18.0 Å². The van der Waals surface area contributed by atoms with E-state index < -0.39 is 0 Å². The molecule has 0 saturated carbocycles. The first-order valence-electron chi connectivity index (χ1n) is 8.47. The highest BCUT2D eigenvalue weighted by molar-refractivity contribution is 6.30. The number of rotatable bonds is 3. The van der Waals surface area contributed by atoms with Gasteiger partial charge in [0, 0.05) is 23.7 Å². The second-order valence-corrected chi connectivity index (χ2v) is 7.25. The van der Waals surface area contributed by atoms with Crippen LogP contribution >= 0.6 is 11.6 Å². The lowest BCUT2D eigenvalue weighted by atomic mass is 9.91. The molecule has 2 aromatic rings. The molecular formula is C21H22ClN. The Bertz CT molecular complexity index is 735. The second-order valence-electron chi connectivity index (χ2n) is 6.81. The fraction of sp³-hybridized carbons (Fsp3) is 0.333. The lowest BCUT2D eigenvalue weighted by Crippen LogP contribution is -2.37. The van der Waals surface area contributed by atoms with Crippen LogP contribution in [-0.2, 0) is 6.54 Å². The molecule has 2 aliphatic rings. The summed E-state index contributed by atoms with van der Waals surface area (Å²) in [6.07, 6.45) is 6.22. The summed E-state index contributed by atoms with van der Waals surface area (Å²) in [4.78, 5) is 2.68. The van der Waals surface area contributed by atoms with E-state index in [0.29, 0.717) is 12.1 Å². The SMILES string of the molecule is Cc1ccc(Cl)cc1C1=CC2CCC(C1)N2Cc1ccccc1. The minimum absolute atomic E-state index is 0.572. The van der Waals surface area contributed by atoms with E-state index in [1.165, 1.54) is 35.1 Å². The average molecular weight is 324 g/mol. The molecule has 118 valence electrons. The Kier molecular flexibility index (Phi) is 4.00. The molecule has 0 amide bonds. The summed E-state index contributed by atoms with van der Waals surface area (Å²) in [6, 6.07) is 18.3. The smallest absolute Gasteiger partial charge is 0.0412 e. The molecule has 23 heavy (non-hydrogen) atoms. The summed E-state index contributed by atoms with van der Waals surface area (Å²) < 4.78 is 0. The van der Waals surface area contributed by atoms with Crippen molar-refractivity contribution in [3.8, 4) is 0 Å². The predicted octanol–water partition coefficient (Wildman–Crippen LogP) is 5.47. The van der Waals surface area contributed by atoms with Crippen LogP contribution in [0.3, 0.4) is 0 Å². The average Bonchev–Trinajstić information content (AvgIpc) is 2.80. The van der Waals surface area contributed by atoms with Crippen LogP contribution in [0.5, 0.6) is 0 Å². The van der Waals surface area contributed by atoms with Crippen molar-refractivity contribution in [1.29, 1.82) is 0 Å². The zero-order valence-corrected chi connectivity index (χ0v) is 14.3. The van der Waals surface area contributed by atoms with Crippen LogP contribution in [0.1, 0.15) is 36.0 Å². The van der Waals surface area contributed by atoms with Gasteiger partial charge in [0.05, 0.1) is 0 Å². The first-order valence-corrected chi connectivity index (χ1v) is 8.85. The highest BCUT2D eigenvalue weighted by Gasteiger charge is 2.36. The van der Waals surface area contributed by atoms with Crippen LogP contribution in [0.2, 0.25) is 5.02 Å². The molecule has 0 radical (unpaired) electrons. The van der Waals surface area contributed by atoms with Crippen molar-refractivity contribution >= 4 is 17.2 Å². The van der Waals surface area contributed by atoms with Gasteiger partial charge in [-0.3, -0.25) is 4.90 Å². The Labute approximate surface area is 143 Å². The predicted molar refractivity (Wildman–Crippen MR) is 97.6 cm³/mol. The molecule has 1 fully saturated rings. The Morgan fingerprint density at radius 3 is 2.70 bits per heavy atom. The molecule has 0 aromatic heterocycles. The van der Waals surface area contributed by atoms with Crippen molar-refractivity contribution in [3.63, 3.8) is 0 Å². The molecule has 2 aromatic carbocycles. The first kappa shape index (κ1) is 15.0. The van der Waals surface area contributed by atoms with Gasteiger partial charge in [-0.25, -0.2) is 0 Å². The molecule has 4 rings (SSSR count). The minimum atomic E-state index is 0.572. The lowest BCUT2D eigenvalue weighted by molar-refractivity contribution is 0.203. The quantitative estimate of drug-likeness (QED) is 0.724. The maximum atomic E-state index is 6.22. The molecule has 2 aliphatic heterocycles. The number of aryl methyl sites for hydroxylation is 1. The van der Waals surface area contributed by atoms with Crippen molar-refractivity contribution in [2.24, 2.45) is 0 Å². The number of hydrogen-bond donors (Lipinski definition) is 0. The van der Waals surface area contributed by atoms with Gasteiger partial charge in [0.25, 0.3) is 0 Å². The Morgan fingerprint density at radius 1 is 1.09 bits per heavy atom. The van der Waals surface area contributed by atoms with Gasteiger partial charge in [0.15, 0.2) is 0 Å². The van der Waals surface area contributed by atoms with Crippen molar-refractivity contribution < 1.29 is 0 Å². The van der Waals surface area contributed by atoms with Crippen LogP contribution in [0.15, 0.2) is 54.6 Å². The standard InChI is InChI=1S/C21H22ClN/c1-15-7-8-18(22)13-21(15)17-11-19-9-10-20(12-17)23(19)14-16-5-3-2-4-6-16/h2-8,11,13,19-20H,9-10,12,14H2,1H3. The van der Waals surface area contributed by atoms with Crippen molar-refractivity contribution in [2.75, 3.05) is 0 Å². The van der Waals surface area contributed by atoms with Gasteiger partial charge in [-0.15, -0.1) is 0 Å². The van der Waals surface area contributed by atoms with Gasteiger partial charge in [-0.05, 0) is 60.6 Å². The van der Waals surface area contributed by atoms with Gasteiger partial charge >= 0.3 is 0 Å². The number of hydrogen-bond acceptors (Lipinski definition) is 1. The maximum Gasteiger partial charge on any atom is 0.0412 e. The summed E-state index contributed by atoms with van der Waals surface area (Å²) in [5.74, 6) is 0. The van der Waals surface area contributed by atoms with Crippen LogP contribution in [0, 0.1) is 6.92 Å². The molecule has 1 nitrogen and oxygen atoms in total. The third kappa shape index (κ3) is 2.96. The normalized spacial score (nSPS) is 23.8. The Hall–Kier alpha value is -1.57. The van der Waals surface area contributed by atoms with Gasteiger partial charge in [0.1, 0.15) is 0 Å². The van der Waals surface area contributed by atoms with E-state index in [4.69, 9.17) is 11.6 Å². The number of fused-ring (bicyclic) bond motifs is 2. The molecule has 0 spiro atoms.